The summed E-state index contributed by atoms with van der Waals surface area (Å²) < 4.78 is 32.7. The van der Waals surface area contributed by atoms with Crippen molar-refractivity contribution >= 4 is 15.9 Å². The lowest BCUT2D eigenvalue weighted by Crippen LogP contribution is -2.33. The summed E-state index contributed by atoms with van der Waals surface area (Å²) in [6, 6.07) is 15.5. The van der Waals surface area contributed by atoms with E-state index in [4.69, 9.17) is 4.74 Å². The van der Waals surface area contributed by atoms with Gasteiger partial charge in [0.1, 0.15) is 5.75 Å². The van der Waals surface area contributed by atoms with Gasteiger partial charge in [0.25, 0.3) is 15.9 Å². The molecule has 0 fully saturated rings. The van der Waals surface area contributed by atoms with Crippen LogP contribution in [0, 0.1) is 0 Å². The number of aromatic nitrogens is 2. The zero-order valence-corrected chi connectivity index (χ0v) is 15.8. The number of carbonyl (C=O) groups is 1. The fourth-order valence-corrected chi connectivity index (χ4v) is 3.65. The van der Waals surface area contributed by atoms with Crippen LogP contribution in [0.5, 0.6) is 5.75 Å². The van der Waals surface area contributed by atoms with Gasteiger partial charge >= 0.3 is 0 Å². The van der Waals surface area contributed by atoms with Gasteiger partial charge in [-0.2, -0.15) is 5.10 Å². The van der Waals surface area contributed by atoms with Crippen molar-refractivity contribution in [2.24, 2.45) is 0 Å². The highest BCUT2D eigenvalue weighted by Crippen LogP contribution is 2.20. The molecule has 0 atom stereocenters. The van der Waals surface area contributed by atoms with Crippen LogP contribution < -0.4 is 4.74 Å². The Labute approximate surface area is 157 Å². The highest BCUT2D eigenvalue weighted by Gasteiger charge is 2.27. The van der Waals surface area contributed by atoms with Gasteiger partial charge in [-0.1, -0.05) is 30.3 Å². The van der Waals surface area contributed by atoms with Crippen molar-refractivity contribution in [1.82, 2.24) is 14.1 Å². The lowest BCUT2D eigenvalue weighted by atomic mass is 10.2. The fraction of sp³-hybridized carbons (Fsp3) is 0.158. The van der Waals surface area contributed by atoms with Crippen LogP contribution in [0.25, 0.3) is 0 Å². The minimum atomic E-state index is -3.97. The summed E-state index contributed by atoms with van der Waals surface area (Å²) in [6.07, 6.45) is 2.90. The third kappa shape index (κ3) is 4.01. The van der Waals surface area contributed by atoms with Gasteiger partial charge in [-0.05, 0) is 29.8 Å². The summed E-state index contributed by atoms with van der Waals surface area (Å²) in [5.74, 6) is -0.116. The third-order valence-electron chi connectivity index (χ3n) is 4.07. The number of benzene rings is 2. The second kappa shape index (κ2) is 7.63. The monoisotopic (exact) mass is 385 g/mol. The Morgan fingerprint density at radius 2 is 1.78 bits per heavy atom. The Balaban J connectivity index is 1.78. The maximum atomic E-state index is 12.7. The maximum absolute atomic E-state index is 12.7. The quantitative estimate of drug-likeness (QED) is 0.651. The fourth-order valence-electron chi connectivity index (χ4n) is 2.53. The van der Waals surface area contributed by atoms with Crippen molar-refractivity contribution in [3.05, 3.63) is 78.1 Å². The van der Waals surface area contributed by atoms with E-state index in [1.807, 2.05) is 30.3 Å². The molecule has 0 unspecified atom stereocenters. The molecule has 2 aromatic carbocycles. The molecule has 0 radical (unpaired) electrons. The van der Waals surface area contributed by atoms with Crippen molar-refractivity contribution in [3.63, 3.8) is 0 Å². The number of hydrogen-bond donors (Lipinski definition) is 0. The van der Waals surface area contributed by atoms with Gasteiger partial charge in [0, 0.05) is 13.2 Å². The summed E-state index contributed by atoms with van der Waals surface area (Å²) in [7, 11) is -1.24. The predicted octanol–water partition coefficient (Wildman–Crippen LogP) is 2.40. The Kier molecular flexibility index (Phi) is 5.27. The molecule has 0 saturated carbocycles. The summed E-state index contributed by atoms with van der Waals surface area (Å²) >= 11 is 0. The Morgan fingerprint density at radius 3 is 2.41 bits per heavy atom. The number of sulfonamides is 1. The molecule has 0 spiro atoms. The maximum Gasteiger partial charge on any atom is 0.270 e. The molecule has 0 bridgehead atoms. The normalized spacial score (nSPS) is 11.2. The lowest BCUT2D eigenvalue weighted by molar-refractivity contribution is 0.0883. The molecular formula is C19H19N3O4S. The minimum Gasteiger partial charge on any atom is -0.497 e. The molecule has 1 heterocycles. The molecular weight excluding hydrogens is 366 g/mol. The van der Waals surface area contributed by atoms with Crippen LogP contribution >= 0.6 is 0 Å². The van der Waals surface area contributed by atoms with Crippen LogP contribution in [0.15, 0.2) is 71.9 Å². The van der Waals surface area contributed by atoms with Crippen molar-refractivity contribution in [2.45, 2.75) is 11.4 Å². The molecule has 0 aliphatic heterocycles. The van der Waals surface area contributed by atoms with Crippen LogP contribution in [0.1, 0.15) is 15.9 Å². The van der Waals surface area contributed by atoms with E-state index in [2.05, 4.69) is 5.10 Å². The van der Waals surface area contributed by atoms with E-state index in [1.165, 1.54) is 50.8 Å². The molecule has 8 heteroatoms. The average Bonchev–Trinajstić information content (AvgIpc) is 3.16. The number of rotatable bonds is 6. The smallest absolute Gasteiger partial charge is 0.270 e. The largest absolute Gasteiger partial charge is 0.497 e. The predicted molar refractivity (Wildman–Crippen MR) is 100 cm³/mol. The molecule has 7 nitrogen and oxygen atoms in total. The van der Waals surface area contributed by atoms with Crippen LogP contribution in [0.2, 0.25) is 0 Å². The van der Waals surface area contributed by atoms with E-state index in [-0.39, 0.29) is 10.5 Å². The van der Waals surface area contributed by atoms with Crippen LogP contribution in [-0.2, 0) is 16.6 Å². The number of methoxy groups -OCH3 is 1. The van der Waals surface area contributed by atoms with Gasteiger partial charge in [0.05, 0.1) is 30.3 Å². The Morgan fingerprint density at radius 1 is 1.11 bits per heavy atom. The van der Waals surface area contributed by atoms with Crippen LogP contribution in [0.4, 0.5) is 0 Å². The van der Waals surface area contributed by atoms with Gasteiger partial charge in [-0.3, -0.25) is 9.48 Å². The average molecular weight is 385 g/mol. The minimum absolute atomic E-state index is 0.0100. The first kappa shape index (κ1) is 18.7. The first-order chi connectivity index (χ1) is 12.9. The topological polar surface area (TPSA) is 81.5 Å². The second-order valence-electron chi connectivity index (χ2n) is 5.87. The van der Waals surface area contributed by atoms with E-state index in [1.54, 1.807) is 4.68 Å². The summed E-state index contributed by atoms with van der Waals surface area (Å²) in [4.78, 5) is 12.6. The van der Waals surface area contributed by atoms with Gasteiger partial charge in [0.15, 0.2) is 0 Å². The Bertz CT molecular complexity index is 1030. The molecule has 0 aliphatic carbocycles. The number of amides is 1. The second-order valence-corrected chi connectivity index (χ2v) is 7.83. The number of ether oxygens (including phenoxy) is 1. The zero-order chi connectivity index (χ0) is 19.4. The molecule has 0 saturated heterocycles. The third-order valence-corrected chi connectivity index (χ3v) is 5.83. The van der Waals surface area contributed by atoms with Crippen molar-refractivity contribution in [2.75, 3.05) is 14.2 Å². The van der Waals surface area contributed by atoms with Crippen LogP contribution in [0.3, 0.4) is 0 Å². The standard InChI is InChI=1S/C19H19N3O4S/c1-21(27(24,25)18-10-8-17(26-2)9-11-18)19(23)16-12-20-22(14-16)13-15-6-4-3-5-7-15/h3-12,14H,13H2,1-2H3. The number of nitrogens with zero attached hydrogens (tertiary/aromatic N) is 3. The molecule has 27 heavy (non-hydrogen) atoms. The highest BCUT2D eigenvalue weighted by atomic mass is 32.2. The van der Waals surface area contributed by atoms with Crippen molar-refractivity contribution in [1.29, 1.82) is 0 Å². The van der Waals surface area contributed by atoms with Gasteiger partial charge < -0.3 is 4.74 Å². The summed E-state index contributed by atoms with van der Waals surface area (Å²) in [5, 5.41) is 4.15. The molecule has 3 rings (SSSR count). The highest BCUT2D eigenvalue weighted by molar-refractivity contribution is 7.89. The van der Waals surface area contributed by atoms with Crippen LogP contribution in [-0.4, -0.2) is 42.6 Å². The van der Waals surface area contributed by atoms with Gasteiger partial charge in [-0.15, -0.1) is 0 Å². The van der Waals surface area contributed by atoms with E-state index in [9.17, 15) is 13.2 Å². The zero-order valence-electron chi connectivity index (χ0n) is 14.9. The SMILES string of the molecule is COc1ccc(S(=O)(=O)N(C)C(=O)c2cnn(Cc3ccccc3)c2)cc1. The summed E-state index contributed by atoms with van der Waals surface area (Å²) in [5.41, 5.74) is 1.23. The molecule has 0 N–H and O–H groups in total. The first-order valence-electron chi connectivity index (χ1n) is 8.15. The Hall–Kier alpha value is -3.13. The number of hydrogen-bond acceptors (Lipinski definition) is 5. The molecule has 0 aliphatic rings. The molecule has 3 aromatic rings. The van der Waals surface area contributed by atoms with E-state index >= 15 is 0 Å². The van der Waals surface area contributed by atoms with Gasteiger partial charge in [-0.25, -0.2) is 12.7 Å². The molecule has 1 amide bonds. The van der Waals surface area contributed by atoms with E-state index in [0.717, 1.165) is 9.87 Å². The van der Waals surface area contributed by atoms with Gasteiger partial charge in [0.2, 0.25) is 0 Å². The van der Waals surface area contributed by atoms with E-state index in [0.29, 0.717) is 12.3 Å². The van der Waals surface area contributed by atoms with Crippen molar-refractivity contribution in [3.8, 4) is 5.75 Å². The first-order valence-corrected chi connectivity index (χ1v) is 9.59. The number of carbonyl (C=O) groups excluding carboxylic acids is 1. The molecule has 1 aromatic heterocycles. The molecule has 140 valence electrons. The van der Waals surface area contributed by atoms with Crippen molar-refractivity contribution < 1.29 is 17.9 Å². The summed E-state index contributed by atoms with van der Waals surface area (Å²) in [6.45, 7) is 0.489. The van der Waals surface area contributed by atoms with E-state index < -0.39 is 15.9 Å². The lowest BCUT2D eigenvalue weighted by Gasteiger charge is -2.17.